The number of nitriles is 1. The second-order valence-corrected chi connectivity index (χ2v) is 7.59. The number of ether oxygens (including phenoxy) is 1. The first kappa shape index (κ1) is 20.4. The van der Waals surface area contributed by atoms with E-state index in [4.69, 9.17) is 10.00 Å². The molecule has 158 valence electrons. The van der Waals surface area contributed by atoms with Crippen LogP contribution in [0.2, 0.25) is 0 Å². The molecule has 2 aromatic carbocycles. The first-order valence-electron chi connectivity index (χ1n) is 10.0. The van der Waals surface area contributed by atoms with Gasteiger partial charge in [0.1, 0.15) is 11.9 Å². The monoisotopic (exact) mass is 417 g/mol. The minimum atomic E-state index is -1.06. The standard InChI is InChI=1S/C23H23N5O3/c1-16-7-8-17(12-24)11-20(16)31-19-14-28(15-19)21(29)13-25-22(30)23(9-10-26-27-23)18-5-3-2-4-6-18/h2-11,19,26-27H,13-15H2,1H3,(H,25,30). The molecule has 0 saturated carbocycles. The maximum absolute atomic E-state index is 12.9. The first-order chi connectivity index (χ1) is 15.0. The van der Waals surface area contributed by atoms with Gasteiger partial charge >= 0.3 is 0 Å². The van der Waals surface area contributed by atoms with Gasteiger partial charge < -0.3 is 20.4 Å². The molecular formula is C23H23N5O3. The lowest BCUT2D eigenvalue weighted by molar-refractivity contribution is -0.141. The molecule has 0 bridgehead atoms. The van der Waals surface area contributed by atoms with Crippen molar-refractivity contribution in [3.8, 4) is 11.8 Å². The van der Waals surface area contributed by atoms with Crippen molar-refractivity contribution in [1.29, 1.82) is 5.26 Å². The first-order valence-corrected chi connectivity index (χ1v) is 10.0. The van der Waals surface area contributed by atoms with Gasteiger partial charge in [-0.1, -0.05) is 36.4 Å². The van der Waals surface area contributed by atoms with Crippen molar-refractivity contribution in [2.75, 3.05) is 19.6 Å². The largest absolute Gasteiger partial charge is 0.486 e. The van der Waals surface area contributed by atoms with Crippen LogP contribution in [0.3, 0.4) is 0 Å². The highest BCUT2D eigenvalue weighted by atomic mass is 16.5. The van der Waals surface area contributed by atoms with Crippen molar-refractivity contribution in [3.05, 3.63) is 77.5 Å². The highest BCUT2D eigenvalue weighted by Gasteiger charge is 2.40. The third-order valence-electron chi connectivity index (χ3n) is 5.49. The number of rotatable bonds is 6. The average Bonchev–Trinajstić information content (AvgIpc) is 3.27. The van der Waals surface area contributed by atoms with Crippen LogP contribution in [0.4, 0.5) is 0 Å². The van der Waals surface area contributed by atoms with Gasteiger partial charge in [-0.15, -0.1) is 0 Å². The Kier molecular flexibility index (Phi) is 5.60. The summed E-state index contributed by atoms with van der Waals surface area (Å²) in [5.74, 6) is 0.167. The second kappa shape index (κ2) is 8.50. The van der Waals surface area contributed by atoms with Crippen LogP contribution in [0.1, 0.15) is 16.7 Å². The van der Waals surface area contributed by atoms with Crippen molar-refractivity contribution in [2.45, 2.75) is 18.6 Å². The van der Waals surface area contributed by atoms with Crippen LogP contribution in [-0.4, -0.2) is 42.5 Å². The van der Waals surface area contributed by atoms with Crippen LogP contribution in [0, 0.1) is 18.3 Å². The molecule has 2 aliphatic rings. The normalized spacial score (nSPS) is 19.8. The predicted molar refractivity (Wildman–Crippen MR) is 113 cm³/mol. The molecule has 8 heteroatoms. The van der Waals surface area contributed by atoms with Crippen molar-refractivity contribution >= 4 is 11.8 Å². The van der Waals surface area contributed by atoms with E-state index in [1.807, 2.05) is 43.3 Å². The van der Waals surface area contributed by atoms with Crippen LogP contribution < -0.4 is 20.9 Å². The fraction of sp³-hybridized carbons (Fsp3) is 0.261. The summed E-state index contributed by atoms with van der Waals surface area (Å²) in [6.45, 7) is 2.69. The zero-order valence-corrected chi connectivity index (χ0v) is 17.1. The van der Waals surface area contributed by atoms with E-state index in [9.17, 15) is 9.59 Å². The third-order valence-corrected chi connectivity index (χ3v) is 5.49. The Morgan fingerprint density at radius 3 is 2.71 bits per heavy atom. The summed E-state index contributed by atoms with van der Waals surface area (Å²) in [6, 6.07) is 16.7. The highest BCUT2D eigenvalue weighted by Crippen LogP contribution is 2.26. The molecule has 4 rings (SSSR count). The average molecular weight is 417 g/mol. The molecule has 0 aromatic heterocycles. The molecule has 2 heterocycles. The maximum Gasteiger partial charge on any atom is 0.251 e. The van der Waals surface area contributed by atoms with Gasteiger partial charge in [0, 0.05) is 6.20 Å². The molecule has 3 N–H and O–H groups in total. The molecular weight excluding hydrogens is 394 g/mol. The van der Waals surface area contributed by atoms with Gasteiger partial charge in [-0.05, 0) is 36.3 Å². The van der Waals surface area contributed by atoms with E-state index in [0.717, 1.165) is 11.1 Å². The number of nitrogens with zero attached hydrogens (tertiary/aromatic N) is 2. The number of carbonyl (C=O) groups excluding carboxylic acids is 2. The van der Waals surface area contributed by atoms with Gasteiger partial charge in [0.15, 0.2) is 5.54 Å². The molecule has 1 unspecified atom stereocenters. The third kappa shape index (κ3) is 4.09. The van der Waals surface area contributed by atoms with Gasteiger partial charge in [-0.2, -0.15) is 5.26 Å². The number of likely N-dealkylation sites (tertiary alicyclic amines) is 1. The molecule has 0 spiro atoms. The molecule has 2 amide bonds. The summed E-state index contributed by atoms with van der Waals surface area (Å²) in [4.78, 5) is 27.1. The topological polar surface area (TPSA) is 106 Å². The van der Waals surface area contributed by atoms with Crippen LogP contribution in [0.25, 0.3) is 0 Å². The van der Waals surface area contributed by atoms with E-state index in [1.165, 1.54) is 0 Å². The summed E-state index contributed by atoms with van der Waals surface area (Å²) in [5.41, 5.74) is 7.00. The minimum Gasteiger partial charge on any atom is -0.486 e. The molecule has 1 saturated heterocycles. The Morgan fingerprint density at radius 2 is 2.03 bits per heavy atom. The van der Waals surface area contributed by atoms with Gasteiger partial charge in [0.2, 0.25) is 5.91 Å². The lowest BCUT2D eigenvalue weighted by Crippen LogP contribution is -2.60. The van der Waals surface area contributed by atoms with Gasteiger partial charge in [-0.3, -0.25) is 9.59 Å². The summed E-state index contributed by atoms with van der Waals surface area (Å²) in [5, 5.41) is 11.8. The lowest BCUT2D eigenvalue weighted by atomic mass is 9.90. The molecule has 0 radical (unpaired) electrons. The van der Waals surface area contributed by atoms with Crippen molar-refractivity contribution in [2.24, 2.45) is 0 Å². The van der Waals surface area contributed by atoms with E-state index >= 15 is 0 Å². The number of carbonyl (C=O) groups is 2. The second-order valence-electron chi connectivity index (χ2n) is 7.59. The Labute approximate surface area is 180 Å². The molecule has 8 nitrogen and oxygen atoms in total. The van der Waals surface area contributed by atoms with Crippen LogP contribution in [0.15, 0.2) is 60.8 Å². The summed E-state index contributed by atoms with van der Waals surface area (Å²) in [6.07, 6.45) is 3.26. The molecule has 2 aromatic rings. The number of benzene rings is 2. The van der Waals surface area contributed by atoms with Gasteiger partial charge in [-0.25, -0.2) is 5.43 Å². The Morgan fingerprint density at radius 1 is 1.26 bits per heavy atom. The van der Waals surface area contributed by atoms with Crippen molar-refractivity contribution < 1.29 is 14.3 Å². The number of hydrogen-bond donors (Lipinski definition) is 3. The predicted octanol–water partition coefficient (Wildman–Crippen LogP) is 1.09. The van der Waals surface area contributed by atoms with E-state index in [1.54, 1.807) is 29.3 Å². The van der Waals surface area contributed by atoms with Crippen LogP contribution >= 0.6 is 0 Å². The number of aryl methyl sites for hydroxylation is 1. The molecule has 0 aliphatic carbocycles. The van der Waals surface area contributed by atoms with Gasteiger partial charge in [0.25, 0.3) is 5.91 Å². The molecule has 31 heavy (non-hydrogen) atoms. The van der Waals surface area contributed by atoms with E-state index < -0.39 is 5.54 Å². The number of nitrogens with one attached hydrogen (secondary N) is 3. The van der Waals surface area contributed by atoms with E-state index in [-0.39, 0.29) is 24.5 Å². The summed E-state index contributed by atoms with van der Waals surface area (Å²) in [7, 11) is 0. The van der Waals surface area contributed by atoms with E-state index in [0.29, 0.717) is 24.4 Å². The summed E-state index contributed by atoms with van der Waals surface area (Å²) < 4.78 is 5.92. The Balaban J connectivity index is 1.30. The molecule has 2 aliphatic heterocycles. The van der Waals surface area contributed by atoms with Gasteiger partial charge in [0.05, 0.1) is 31.3 Å². The molecule has 1 atom stereocenters. The number of amides is 2. The SMILES string of the molecule is Cc1ccc(C#N)cc1OC1CN(C(=O)CNC(=O)C2(c3ccccc3)C=CNN2)C1. The molecule has 1 fully saturated rings. The quantitative estimate of drug-likeness (QED) is 0.650. The number of hydrazine groups is 1. The van der Waals surface area contributed by atoms with Crippen molar-refractivity contribution in [1.82, 2.24) is 21.1 Å². The fourth-order valence-corrected chi connectivity index (χ4v) is 3.60. The highest BCUT2D eigenvalue weighted by molar-refractivity contribution is 5.93. The zero-order valence-electron chi connectivity index (χ0n) is 17.1. The van der Waals surface area contributed by atoms with Crippen LogP contribution in [-0.2, 0) is 15.1 Å². The maximum atomic E-state index is 12.9. The smallest absolute Gasteiger partial charge is 0.251 e. The number of hydrogen-bond acceptors (Lipinski definition) is 6. The minimum absolute atomic E-state index is 0.0986. The van der Waals surface area contributed by atoms with Crippen LogP contribution in [0.5, 0.6) is 5.75 Å². The zero-order chi connectivity index (χ0) is 21.8. The van der Waals surface area contributed by atoms with E-state index in [2.05, 4.69) is 22.2 Å². The Bertz CT molecular complexity index is 1060. The van der Waals surface area contributed by atoms with Crippen molar-refractivity contribution in [3.63, 3.8) is 0 Å². The lowest BCUT2D eigenvalue weighted by Gasteiger charge is -2.39. The summed E-state index contributed by atoms with van der Waals surface area (Å²) >= 11 is 0. The fourth-order valence-electron chi connectivity index (χ4n) is 3.60. The Hall–Kier alpha value is -3.83.